The second-order valence-corrected chi connectivity index (χ2v) is 12.5. The van der Waals surface area contributed by atoms with E-state index in [1.54, 1.807) is 34.4 Å². The second-order valence-electron chi connectivity index (χ2n) is 12.5. The lowest BCUT2D eigenvalue weighted by Crippen LogP contribution is -2.49. The molecular formula is C36H39N11O2. The monoisotopic (exact) mass is 657 g/mol. The van der Waals surface area contributed by atoms with E-state index in [0.29, 0.717) is 36.2 Å². The molecule has 49 heavy (non-hydrogen) atoms. The third-order valence-corrected chi connectivity index (χ3v) is 9.18. The number of carbonyl (C=O) groups excluding carboxylic acids is 1. The molecule has 1 aliphatic heterocycles. The molecule has 7 rings (SSSR count). The third-order valence-electron chi connectivity index (χ3n) is 9.18. The van der Waals surface area contributed by atoms with Crippen molar-refractivity contribution in [3.63, 3.8) is 0 Å². The molecule has 0 radical (unpaired) electrons. The Morgan fingerprint density at radius 3 is 2.55 bits per heavy atom. The molecular weight excluding hydrogens is 618 g/mol. The number of nitrogens with one attached hydrogen (secondary N) is 2. The Hall–Kier alpha value is -5.61. The van der Waals surface area contributed by atoms with Crippen LogP contribution in [0.15, 0.2) is 79.5 Å². The number of rotatable bonds is 9. The minimum atomic E-state index is -0.180. The van der Waals surface area contributed by atoms with Gasteiger partial charge in [-0.1, -0.05) is 30.3 Å². The fourth-order valence-corrected chi connectivity index (χ4v) is 6.62. The molecule has 1 saturated heterocycles. The van der Waals surface area contributed by atoms with Crippen LogP contribution in [0.25, 0.3) is 22.5 Å². The molecule has 5 aromatic rings. The molecule has 13 nitrogen and oxygen atoms in total. The van der Waals surface area contributed by atoms with Crippen molar-refractivity contribution in [2.75, 3.05) is 16.8 Å². The van der Waals surface area contributed by atoms with Gasteiger partial charge in [-0.15, -0.1) is 0 Å². The number of aromatic nitrogens is 7. The van der Waals surface area contributed by atoms with Crippen molar-refractivity contribution in [3.8, 4) is 28.6 Å². The Morgan fingerprint density at radius 1 is 0.980 bits per heavy atom. The SMILES string of the molecule is Cn1cc(-c2ccc(N(C(=O)NCc3ccccc3)[C@H]3CC[C@H](Nc4ncc(C#N)c(-c5ccnn5C5CCCCO5)n4)CC3)nc2)cn1. The molecule has 0 bridgehead atoms. The first-order chi connectivity index (χ1) is 24.1. The Balaban J connectivity index is 1.06. The molecule has 1 aliphatic carbocycles. The summed E-state index contributed by atoms with van der Waals surface area (Å²) < 4.78 is 9.55. The molecule has 1 saturated carbocycles. The van der Waals surface area contributed by atoms with Gasteiger partial charge in [0.2, 0.25) is 5.95 Å². The van der Waals surface area contributed by atoms with Gasteiger partial charge in [-0.3, -0.25) is 9.58 Å². The number of anilines is 2. The van der Waals surface area contributed by atoms with Crippen LogP contribution in [0.4, 0.5) is 16.6 Å². The van der Waals surface area contributed by atoms with Gasteiger partial charge in [0.05, 0.1) is 23.7 Å². The van der Waals surface area contributed by atoms with Crippen molar-refractivity contribution >= 4 is 17.8 Å². The van der Waals surface area contributed by atoms with Crippen LogP contribution < -0.4 is 15.5 Å². The first kappa shape index (κ1) is 32.0. The molecule has 2 fully saturated rings. The average Bonchev–Trinajstić information content (AvgIpc) is 3.82. The second kappa shape index (κ2) is 14.7. The van der Waals surface area contributed by atoms with E-state index in [-0.39, 0.29) is 24.3 Å². The number of aryl methyl sites for hydroxylation is 1. The van der Waals surface area contributed by atoms with Crippen molar-refractivity contribution in [1.82, 2.24) is 39.8 Å². The highest BCUT2D eigenvalue weighted by molar-refractivity contribution is 5.91. The van der Waals surface area contributed by atoms with E-state index in [1.807, 2.05) is 66.5 Å². The summed E-state index contributed by atoms with van der Waals surface area (Å²) in [5.41, 5.74) is 4.57. The summed E-state index contributed by atoms with van der Waals surface area (Å²) in [6.07, 6.45) is 14.7. The summed E-state index contributed by atoms with van der Waals surface area (Å²) >= 11 is 0. The van der Waals surface area contributed by atoms with Crippen molar-refractivity contribution in [3.05, 3.63) is 90.6 Å². The number of carbonyl (C=O) groups is 1. The van der Waals surface area contributed by atoms with E-state index < -0.39 is 0 Å². The zero-order valence-corrected chi connectivity index (χ0v) is 27.4. The van der Waals surface area contributed by atoms with E-state index in [4.69, 9.17) is 14.7 Å². The van der Waals surface area contributed by atoms with Gasteiger partial charge in [-0.2, -0.15) is 15.5 Å². The number of ether oxygens (including phenoxy) is 1. The van der Waals surface area contributed by atoms with E-state index in [2.05, 4.69) is 31.9 Å². The molecule has 5 heterocycles. The van der Waals surface area contributed by atoms with Crippen LogP contribution in [0.2, 0.25) is 0 Å². The summed E-state index contributed by atoms with van der Waals surface area (Å²) in [6, 6.07) is 17.7. The standard InChI is InChI=1S/C36H39N11O2/c1-45-24-28(23-42-45)26-10-15-32(38-21-26)46(36(48)40-20-25-7-3-2-4-8-25)30-13-11-29(12-14-30)43-35-39-22-27(19-37)34(44-35)31-16-17-41-47(31)33-9-5-6-18-49-33/h2-4,7-8,10,15-17,21-24,29-30,33H,5-6,9,11-14,18,20H2,1H3,(H,40,48)(H,39,43,44)/t29-,30-,33?. The molecule has 1 unspecified atom stereocenters. The average molecular weight is 658 g/mol. The summed E-state index contributed by atoms with van der Waals surface area (Å²) in [4.78, 5) is 29.6. The summed E-state index contributed by atoms with van der Waals surface area (Å²) in [7, 11) is 1.88. The van der Waals surface area contributed by atoms with Crippen molar-refractivity contribution in [2.45, 2.75) is 69.8 Å². The van der Waals surface area contributed by atoms with Gasteiger partial charge in [-0.05, 0) is 68.7 Å². The van der Waals surface area contributed by atoms with Crippen LogP contribution in [0.1, 0.15) is 62.3 Å². The lowest BCUT2D eigenvalue weighted by Gasteiger charge is -2.36. The van der Waals surface area contributed by atoms with Crippen LogP contribution in [0, 0.1) is 11.3 Å². The van der Waals surface area contributed by atoms with Crippen LogP contribution >= 0.6 is 0 Å². The lowest BCUT2D eigenvalue weighted by molar-refractivity contribution is -0.0384. The highest BCUT2D eigenvalue weighted by atomic mass is 16.5. The van der Waals surface area contributed by atoms with E-state index >= 15 is 0 Å². The fourth-order valence-electron chi connectivity index (χ4n) is 6.62. The van der Waals surface area contributed by atoms with Gasteiger partial charge < -0.3 is 15.4 Å². The topological polar surface area (TPSA) is 152 Å². The van der Waals surface area contributed by atoms with Gasteiger partial charge in [0.1, 0.15) is 17.6 Å². The number of nitrogens with zero attached hydrogens (tertiary/aromatic N) is 9. The molecule has 250 valence electrons. The van der Waals surface area contributed by atoms with Crippen molar-refractivity contribution in [1.29, 1.82) is 5.26 Å². The minimum absolute atomic E-state index is 0.0483. The summed E-state index contributed by atoms with van der Waals surface area (Å²) in [6.45, 7) is 1.11. The third kappa shape index (κ3) is 7.29. The van der Waals surface area contributed by atoms with Gasteiger partial charge in [-0.25, -0.2) is 24.4 Å². The highest BCUT2D eigenvalue weighted by Crippen LogP contribution is 2.32. The lowest BCUT2D eigenvalue weighted by atomic mass is 9.90. The molecule has 4 aromatic heterocycles. The number of hydrogen-bond acceptors (Lipinski definition) is 9. The van der Waals surface area contributed by atoms with Crippen LogP contribution in [-0.2, 0) is 18.3 Å². The fraction of sp³-hybridized carbons (Fsp3) is 0.361. The number of amides is 2. The Labute approximate surface area is 285 Å². The molecule has 1 atom stereocenters. The summed E-state index contributed by atoms with van der Waals surface area (Å²) in [5.74, 6) is 1.06. The maximum atomic E-state index is 13.8. The van der Waals surface area contributed by atoms with E-state index in [9.17, 15) is 10.1 Å². The zero-order valence-electron chi connectivity index (χ0n) is 27.4. The number of nitriles is 1. The highest BCUT2D eigenvalue weighted by Gasteiger charge is 2.31. The number of urea groups is 1. The molecule has 1 aromatic carbocycles. The van der Waals surface area contributed by atoms with Gasteiger partial charge >= 0.3 is 6.03 Å². The Morgan fingerprint density at radius 2 is 1.84 bits per heavy atom. The van der Waals surface area contributed by atoms with Gasteiger partial charge in [0.15, 0.2) is 6.23 Å². The number of pyridine rings is 1. The van der Waals surface area contributed by atoms with Crippen LogP contribution in [0.3, 0.4) is 0 Å². The Kier molecular flexibility index (Phi) is 9.56. The molecule has 2 amide bonds. The van der Waals surface area contributed by atoms with E-state index in [1.165, 1.54) is 0 Å². The minimum Gasteiger partial charge on any atom is -0.356 e. The predicted molar refractivity (Wildman–Crippen MR) is 184 cm³/mol. The maximum absolute atomic E-state index is 13.8. The Bertz CT molecular complexity index is 1900. The van der Waals surface area contributed by atoms with Crippen LogP contribution in [-0.4, -0.2) is 59.2 Å². The largest absolute Gasteiger partial charge is 0.356 e. The molecule has 0 spiro atoms. The molecule has 2 aliphatic rings. The van der Waals surface area contributed by atoms with E-state index in [0.717, 1.165) is 67.3 Å². The number of benzene rings is 1. The normalized spacial score (nSPS) is 19.1. The van der Waals surface area contributed by atoms with Crippen molar-refractivity contribution < 1.29 is 9.53 Å². The quantitative estimate of drug-likeness (QED) is 0.199. The first-order valence-electron chi connectivity index (χ1n) is 16.8. The molecule has 2 N–H and O–H groups in total. The van der Waals surface area contributed by atoms with Gasteiger partial charge in [0.25, 0.3) is 0 Å². The van der Waals surface area contributed by atoms with Crippen LogP contribution in [0.5, 0.6) is 0 Å². The van der Waals surface area contributed by atoms with Gasteiger partial charge in [0, 0.05) is 62.0 Å². The zero-order chi connectivity index (χ0) is 33.6. The smallest absolute Gasteiger partial charge is 0.323 e. The number of hydrogen-bond donors (Lipinski definition) is 2. The predicted octanol–water partition coefficient (Wildman–Crippen LogP) is 5.85. The maximum Gasteiger partial charge on any atom is 0.323 e. The first-order valence-corrected chi connectivity index (χ1v) is 16.8. The summed E-state index contributed by atoms with van der Waals surface area (Å²) in [5, 5.41) is 25.3. The van der Waals surface area contributed by atoms with Crippen molar-refractivity contribution in [2.24, 2.45) is 7.05 Å². The molecule has 13 heteroatoms.